The number of hydrogen-bond donors (Lipinski definition) is 2. The van der Waals surface area contributed by atoms with E-state index in [1.54, 1.807) is 0 Å². The molecule has 204 valence electrons. The topological polar surface area (TPSA) is 93.1 Å². The van der Waals surface area contributed by atoms with Gasteiger partial charge in [0.15, 0.2) is 0 Å². The van der Waals surface area contributed by atoms with Crippen molar-refractivity contribution in [2.75, 3.05) is 0 Å². The molecule has 36 heavy (non-hydrogen) atoms. The molecule has 0 aromatic heterocycles. The Hall–Kier alpha value is -1.14. The summed E-state index contributed by atoms with van der Waals surface area (Å²) in [7, 11) is 0. The van der Waals surface area contributed by atoms with Crippen LogP contribution in [-0.2, 0) is 19.1 Å². The Morgan fingerprint density at radius 3 is 1.31 bits per heavy atom. The molecule has 0 spiro atoms. The van der Waals surface area contributed by atoms with Crippen LogP contribution < -0.4 is 0 Å². The number of carbonyl (C=O) groups excluding carboxylic acids is 2. The number of ether oxygens (including phenoxy) is 2. The van der Waals surface area contributed by atoms with Gasteiger partial charge in [-0.1, -0.05) is 55.4 Å². The first-order valence-electron chi connectivity index (χ1n) is 14.2. The fraction of sp³-hybridized carbons (Fsp3) is 0.933. The third-order valence-electron chi connectivity index (χ3n) is 11.6. The van der Waals surface area contributed by atoms with Crippen LogP contribution in [0.5, 0.6) is 0 Å². The van der Waals surface area contributed by atoms with E-state index in [1.807, 2.05) is 13.8 Å². The molecule has 6 nitrogen and oxygen atoms in total. The van der Waals surface area contributed by atoms with Crippen molar-refractivity contribution in [1.29, 1.82) is 0 Å². The van der Waals surface area contributed by atoms with E-state index >= 15 is 0 Å². The van der Waals surface area contributed by atoms with Crippen LogP contribution >= 0.6 is 0 Å². The van der Waals surface area contributed by atoms with Gasteiger partial charge in [-0.15, -0.1) is 0 Å². The summed E-state index contributed by atoms with van der Waals surface area (Å²) >= 11 is 0. The number of esters is 2. The van der Waals surface area contributed by atoms with E-state index in [9.17, 15) is 19.8 Å². The lowest BCUT2D eigenvalue weighted by Gasteiger charge is -2.48. The van der Waals surface area contributed by atoms with Crippen molar-refractivity contribution in [1.82, 2.24) is 0 Å². The van der Waals surface area contributed by atoms with E-state index in [0.29, 0.717) is 36.5 Å². The van der Waals surface area contributed by atoms with Gasteiger partial charge in [-0.2, -0.15) is 0 Å². The van der Waals surface area contributed by atoms with Crippen LogP contribution in [0.2, 0.25) is 0 Å². The molecule has 0 aromatic rings. The van der Waals surface area contributed by atoms with Crippen LogP contribution in [0.1, 0.15) is 93.9 Å². The van der Waals surface area contributed by atoms with E-state index in [0.717, 1.165) is 25.7 Å². The molecule has 6 heteroatoms. The molecule has 0 aromatic carbocycles. The minimum absolute atomic E-state index is 0.0613. The van der Waals surface area contributed by atoms with Gasteiger partial charge in [-0.25, -0.2) is 0 Å². The van der Waals surface area contributed by atoms with Crippen molar-refractivity contribution >= 4 is 11.9 Å². The molecule has 2 N–H and O–H groups in total. The molecular weight excluding hydrogens is 456 g/mol. The minimum atomic E-state index is -0.319. The largest absolute Gasteiger partial charge is 0.461 e. The van der Waals surface area contributed by atoms with Crippen molar-refractivity contribution in [2.24, 2.45) is 57.2 Å². The minimum Gasteiger partial charge on any atom is -0.461 e. The lowest BCUT2D eigenvalue weighted by Crippen LogP contribution is -2.53. The van der Waals surface area contributed by atoms with E-state index < -0.39 is 0 Å². The van der Waals surface area contributed by atoms with E-state index in [2.05, 4.69) is 41.5 Å². The first-order valence-corrected chi connectivity index (χ1v) is 14.2. The van der Waals surface area contributed by atoms with Crippen molar-refractivity contribution in [3.63, 3.8) is 0 Å². The lowest BCUT2D eigenvalue weighted by molar-refractivity contribution is -0.156. The van der Waals surface area contributed by atoms with Crippen LogP contribution in [0, 0.1) is 57.2 Å². The second-order valence-electron chi connectivity index (χ2n) is 15.6. The van der Waals surface area contributed by atoms with Gasteiger partial charge < -0.3 is 19.7 Å². The molecule has 2 aliphatic heterocycles. The van der Waals surface area contributed by atoms with E-state index in [-0.39, 0.29) is 69.9 Å². The Morgan fingerprint density at radius 1 is 0.639 bits per heavy atom. The molecule has 0 unspecified atom stereocenters. The first-order chi connectivity index (χ1) is 16.5. The Labute approximate surface area is 216 Å². The van der Waals surface area contributed by atoms with Gasteiger partial charge in [-0.05, 0) is 60.2 Å². The van der Waals surface area contributed by atoms with Crippen LogP contribution in [-0.4, -0.2) is 46.6 Å². The van der Waals surface area contributed by atoms with Gasteiger partial charge in [0.25, 0.3) is 0 Å². The first kappa shape index (κ1) is 26.5. The van der Waals surface area contributed by atoms with E-state index in [1.165, 1.54) is 0 Å². The van der Waals surface area contributed by atoms with Crippen molar-refractivity contribution in [3.8, 4) is 0 Å². The number of aliphatic hydroxyl groups is 2. The molecule has 2 saturated heterocycles. The highest BCUT2D eigenvalue weighted by Gasteiger charge is 2.65. The van der Waals surface area contributed by atoms with Crippen molar-refractivity contribution < 1.29 is 29.3 Å². The van der Waals surface area contributed by atoms with Gasteiger partial charge in [0.2, 0.25) is 0 Å². The van der Waals surface area contributed by atoms with Crippen LogP contribution in [0.4, 0.5) is 0 Å². The Kier molecular flexibility index (Phi) is 6.01. The zero-order valence-corrected chi connectivity index (χ0v) is 23.5. The van der Waals surface area contributed by atoms with Crippen LogP contribution in [0.15, 0.2) is 0 Å². The number of aliphatic hydroxyl groups excluding tert-OH is 2. The highest BCUT2D eigenvalue weighted by atomic mass is 16.6. The predicted octanol–water partition coefficient (Wildman–Crippen LogP) is 4.74. The number of rotatable bonds is 0. The Bertz CT molecular complexity index is 852. The number of carbonyl (C=O) groups is 2. The number of fused-ring (bicyclic) bond motifs is 6. The molecule has 0 amide bonds. The van der Waals surface area contributed by atoms with Gasteiger partial charge in [-0.3, -0.25) is 9.59 Å². The Balaban J connectivity index is 0.000000148. The molecule has 6 rings (SSSR count). The summed E-state index contributed by atoms with van der Waals surface area (Å²) in [6.07, 6.45) is 4.60. The SMILES string of the molecule is C[C@H]1[C@H](O)[C@H]2CC(C)(C)C[C@H]2[C@]2(C)CC(=O)O[C@H]12.C[C@H]1[C@H](O)[C@H]2CC(C)(C)C[C@H]2[C@]2(C)CC(=O)O[C@H]12. The maximum absolute atomic E-state index is 11.7. The monoisotopic (exact) mass is 504 g/mol. The maximum Gasteiger partial charge on any atom is 0.306 e. The smallest absolute Gasteiger partial charge is 0.306 e. The molecular formula is C30H48O6. The zero-order chi connectivity index (χ0) is 26.6. The summed E-state index contributed by atoms with van der Waals surface area (Å²) in [5.74, 6) is 1.51. The third kappa shape index (κ3) is 3.87. The molecule has 2 heterocycles. The average Bonchev–Trinajstić information content (AvgIpc) is 3.46. The summed E-state index contributed by atoms with van der Waals surface area (Å²) < 4.78 is 11.1. The normalized spacial score (nSPS) is 53.8. The standard InChI is InChI=1S/2C15H24O3/c2*1-8-12(17)9-5-14(2,3)6-10(9)15(4)7-11(16)18-13(8)15/h2*8-10,12-13,17H,5-7H2,1-4H3/t2*8-,9-,10+,12-,13+,15-/m00/s1. The fourth-order valence-corrected chi connectivity index (χ4v) is 10.1. The van der Waals surface area contributed by atoms with Gasteiger partial charge in [0, 0.05) is 22.7 Å². The van der Waals surface area contributed by atoms with Crippen molar-refractivity contribution in [3.05, 3.63) is 0 Å². The lowest BCUT2D eigenvalue weighted by atomic mass is 9.57. The second-order valence-corrected chi connectivity index (χ2v) is 15.6. The zero-order valence-electron chi connectivity index (χ0n) is 23.5. The Morgan fingerprint density at radius 2 is 0.972 bits per heavy atom. The summed E-state index contributed by atoms with van der Waals surface area (Å²) in [5, 5.41) is 21.1. The fourth-order valence-electron chi connectivity index (χ4n) is 10.1. The van der Waals surface area contributed by atoms with Crippen LogP contribution in [0.3, 0.4) is 0 Å². The van der Waals surface area contributed by atoms with Gasteiger partial charge in [0.1, 0.15) is 12.2 Å². The van der Waals surface area contributed by atoms with E-state index in [4.69, 9.17) is 9.47 Å². The predicted molar refractivity (Wildman–Crippen MR) is 136 cm³/mol. The number of hydrogen-bond acceptors (Lipinski definition) is 6. The van der Waals surface area contributed by atoms with Crippen LogP contribution in [0.25, 0.3) is 0 Å². The molecule has 6 aliphatic rings. The molecule has 4 saturated carbocycles. The highest BCUT2D eigenvalue weighted by Crippen LogP contribution is 2.64. The maximum atomic E-state index is 11.7. The van der Waals surface area contributed by atoms with Gasteiger partial charge >= 0.3 is 11.9 Å². The molecule has 0 bridgehead atoms. The second kappa shape index (κ2) is 8.18. The summed E-state index contributed by atoms with van der Waals surface area (Å²) in [6.45, 7) is 17.6. The third-order valence-corrected chi connectivity index (χ3v) is 11.6. The molecule has 0 radical (unpaired) electrons. The molecule has 12 atom stereocenters. The average molecular weight is 505 g/mol. The highest BCUT2D eigenvalue weighted by molar-refractivity contribution is 5.74. The summed E-state index contributed by atoms with van der Waals surface area (Å²) in [6, 6.07) is 0. The quantitative estimate of drug-likeness (QED) is 0.463. The van der Waals surface area contributed by atoms with Gasteiger partial charge in [0.05, 0.1) is 25.0 Å². The van der Waals surface area contributed by atoms with Crippen molar-refractivity contribution in [2.45, 2.75) is 118 Å². The summed E-state index contributed by atoms with van der Waals surface area (Å²) in [4.78, 5) is 23.4. The molecule has 4 aliphatic carbocycles. The molecule has 6 fully saturated rings. The summed E-state index contributed by atoms with van der Waals surface area (Å²) in [5.41, 5.74) is 0.432.